The summed E-state index contributed by atoms with van der Waals surface area (Å²) in [7, 11) is 0. The van der Waals surface area contributed by atoms with Crippen LogP contribution in [-0.4, -0.2) is 34.4 Å². The summed E-state index contributed by atoms with van der Waals surface area (Å²) in [5, 5.41) is 0. The Morgan fingerprint density at radius 2 is 2.18 bits per heavy atom. The summed E-state index contributed by atoms with van der Waals surface area (Å²) in [6, 6.07) is 2.65. The van der Waals surface area contributed by atoms with Gasteiger partial charge in [-0.15, -0.1) is 0 Å². The van der Waals surface area contributed by atoms with Gasteiger partial charge in [-0.1, -0.05) is 0 Å². The Hall–Kier alpha value is -1.49. The van der Waals surface area contributed by atoms with E-state index < -0.39 is 5.82 Å². The molecule has 0 atom stereocenters. The molecule has 1 aliphatic heterocycles. The van der Waals surface area contributed by atoms with Crippen LogP contribution in [0.5, 0.6) is 0 Å². The lowest BCUT2D eigenvalue weighted by atomic mass is 9.85. The zero-order valence-corrected chi connectivity index (χ0v) is 9.40. The molecule has 1 aliphatic carbocycles. The molecule has 1 amide bonds. The van der Waals surface area contributed by atoms with Crippen molar-refractivity contribution in [3.05, 3.63) is 29.8 Å². The lowest BCUT2D eigenvalue weighted by Crippen LogP contribution is -2.69. The molecule has 0 radical (unpaired) electrons. The summed E-state index contributed by atoms with van der Waals surface area (Å²) in [5.41, 5.74) is 6.26. The first kappa shape index (κ1) is 10.7. The lowest BCUT2D eigenvalue weighted by Gasteiger charge is -2.48. The number of carbonyl (C=O) groups is 1. The molecule has 5 heteroatoms. The van der Waals surface area contributed by atoms with Crippen molar-refractivity contribution in [3.8, 4) is 0 Å². The molecule has 1 aromatic heterocycles. The number of rotatable bonds is 2. The Morgan fingerprint density at radius 1 is 1.47 bits per heavy atom. The number of halogens is 1. The number of aromatic nitrogens is 1. The van der Waals surface area contributed by atoms with E-state index in [2.05, 4.69) is 4.98 Å². The van der Waals surface area contributed by atoms with Gasteiger partial charge in [0, 0.05) is 13.1 Å². The van der Waals surface area contributed by atoms with E-state index in [0.717, 1.165) is 6.20 Å². The number of amides is 1. The molecule has 1 saturated heterocycles. The van der Waals surface area contributed by atoms with Crippen molar-refractivity contribution >= 4 is 5.91 Å². The second-order valence-corrected chi connectivity index (χ2v) is 5.03. The van der Waals surface area contributed by atoms with Gasteiger partial charge in [-0.05, 0) is 30.9 Å². The third-order valence-electron chi connectivity index (χ3n) is 3.59. The van der Waals surface area contributed by atoms with Gasteiger partial charge in [-0.3, -0.25) is 4.79 Å². The van der Waals surface area contributed by atoms with Crippen LogP contribution < -0.4 is 5.73 Å². The smallest absolute Gasteiger partial charge is 0.272 e. The van der Waals surface area contributed by atoms with Gasteiger partial charge in [0.05, 0.1) is 11.7 Å². The normalized spacial score (nSPS) is 22.1. The summed E-state index contributed by atoms with van der Waals surface area (Å²) in [5.74, 6) is -0.0178. The molecule has 2 fully saturated rings. The minimum atomic E-state index is -0.434. The fraction of sp³-hybridized carbons (Fsp3) is 0.500. The molecule has 4 nitrogen and oxygen atoms in total. The van der Waals surface area contributed by atoms with E-state index in [1.165, 1.54) is 25.0 Å². The first-order valence-electron chi connectivity index (χ1n) is 5.78. The molecular formula is C12H14FN3O. The van der Waals surface area contributed by atoms with Gasteiger partial charge in [-0.2, -0.15) is 0 Å². The Labute approximate surface area is 98.6 Å². The minimum Gasteiger partial charge on any atom is -0.333 e. The van der Waals surface area contributed by atoms with Gasteiger partial charge in [0.25, 0.3) is 5.91 Å². The zero-order valence-electron chi connectivity index (χ0n) is 9.40. The average molecular weight is 235 g/mol. The van der Waals surface area contributed by atoms with Crippen LogP contribution in [0.15, 0.2) is 18.3 Å². The van der Waals surface area contributed by atoms with E-state index in [1.54, 1.807) is 4.90 Å². The molecule has 1 aromatic rings. The van der Waals surface area contributed by atoms with Crippen LogP contribution in [0.1, 0.15) is 23.3 Å². The molecule has 0 spiro atoms. The number of pyridine rings is 1. The highest BCUT2D eigenvalue weighted by atomic mass is 19.1. The Morgan fingerprint density at radius 3 is 2.71 bits per heavy atom. The molecule has 2 N–H and O–H groups in total. The van der Waals surface area contributed by atoms with Crippen LogP contribution in [-0.2, 0) is 0 Å². The van der Waals surface area contributed by atoms with E-state index in [4.69, 9.17) is 5.73 Å². The fourth-order valence-electron chi connectivity index (χ4n) is 2.39. The fourth-order valence-corrected chi connectivity index (χ4v) is 2.39. The van der Waals surface area contributed by atoms with E-state index in [-0.39, 0.29) is 17.1 Å². The standard InChI is InChI=1S/C12H14FN3O/c13-9-3-4-10(15-5-9)11(17)16-6-12(14,7-16)8-1-2-8/h3-5,8H,1-2,6-7,14H2. The van der Waals surface area contributed by atoms with Crippen molar-refractivity contribution in [3.63, 3.8) is 0 Å². The second-order valence-electron chi connectivity index (χ2n) is 5.03. The topological polar surface area (TPSA) is 59.2 Å². The SMILES string of the molecule is NC1(C2CC2)CN(C(=O)c2ccc(F)cn2)C1. The van der Waals surface area contributed by atoms with Crippen LogP contribution in [0.4, 0.5) is 4.39 Å². The van der Waals surface area contributed by atoms with Gasteiger partial charge in [0.2, 0.25) is 0 Å². The van der Waals surface area contributed by atoms with Gasteiger partial charge in [-0.25, -0.2) is 9.37 Å². The highest BCUT2D eigenvalue weighted by Gasteiger charge is 2.51. The molecule has 90 valence electrons. The van der Waals surface area contributed by atoms with Crippen molar-refractivity contribution in [2.45, 2.75) is 18.4 Å². The van der Waals surface area contributed by atoms with E-state index >= 15 is 0 Å². The zero-order chi connectivity index (χ0) is 12.0. The second kappa shape index (κ2) is 3.50. The number of hydrogen-bond donors (Lipinski definition) is 1. The highest BCUT2D eigenvalue weighted by Crippen LogP contribution is 2.43. The van der Waals surface area contributed by atoms with Gasteiger partial charge in [0.15, 0.2) is 0 Å². The molecule has 0 unspecified atom stereocenters. The quantitative estimate of drug-likeness (QED) is 0.824. The van der Waals surface area contributed by atoms with E-state index in [0.29, 0.717) is 19.0 Å². The Bertz CT molecular complexity index is 449. The minimum absolute atomic E-state index is 0.160. The summed E-state index contributed by atoms with van der Waals surface area (Å²) in [6.45, 7) is 1.19. The number of nitrogens with zero attached hydrogens (tertiary/aromatic N) is 2. The third-order valence-corrected chi connectivity index (χ3v) is 3.59. The summed E-state index contributed by atoms with van der Waals surface area (Å²) >= 11 is 0. The largest absolute Gasteiger partial charge is 0.333 e. The summed E-state index contributed by atoms with van der Waals surface area (Å²) < 4.78 is 12.7. The maximum atomic E-state index is 12.7. The molecule has 0 bridgehead atoms. The highest BCUT2D eigenvalue weighted by molar-refractivity contribution is 5.93. The lowest BCUT2D eigenvalue weighted by molar-refractivity contribution is 0.0345. The number of likely N-dealkylation sites (tertiary alicyclic amines) is 1. The van der Waals surface area contributed by atoms with Crippen LogP contribution in [0.25, 0.3) is 0 Å². The van der Waals surface area contributed by atoms with E-state index in [1.807, 2.05) is 0 Å². The molecule has 2 heterocycles. The molecule has 2 aliphatic rings. The van der Waals surface area contributed by atoms with Gasteiger partial charge in [0.1, 0.15) is 11.5 Å². The van der Waals surface area contributed by atoms with Crippen LogP contribution >= 0.6 is 0 Å². The molecule has 17 heavy (non-hydrogen) atoms. The van der Waals surface area contributed by atoms with Crippen molar-refractivity contribution in [2.75, 3.05) is 13.1 Å². The summed E-state index contributed by atoms with van der Waals surface area (Å²) in [6.07, 6.45) is 3.41. The molecule has 0 aromatic carbocycles. The predicted molar refractivity (Wildman–Crippen MR) is 59.7 cm³/mol. The monoisotopic (exact) mass is 235 g/mol. The van der Waals surface area contributed by atoms with Crippen LogP contribution in [0.2, 0.25) is 0 Å². The van der Waals surface area contributed by atoms with Crippen LogP contribution in [0.3, 0.4) is 0 Å². The first-order valence-corrected chi connectivity index (χ1v) is 5.78. The number of carbonyl (C=O) groups excluding carboxylic acids is 1. The predicted octanol–water partition coefficient (Wildman–Crippen LogP) is 0.784. The number of hydrogen-bond acceptors (Lipinski definition) is 3. The first-order chi connectivity index (χ1) is 8.08. The molecular weight excluding hydrogens is 221 g/mol. The van der Waals surface area contributed by atoms with Crippen molar-refractivity contribution < 1.29 is 9.18 Å². The van der Waals surface area contributed by atoms with Crippen molar-refractivity contribution in [1.82, 2.24) is 9.88 Å². The van der Waals surface area contributed by atoms with Gasteiger partial charge >= 0.3 is 0 Å². The third kappa shape index (κ3) is 1.80. The number of nitrogens with two attached hydrogens (primary N) is 1. The van der Waals surface area contributed by atoms with Crippen molar-refractivity contribution in [2.24, 2.45) is 11.7 Å². The molecule has 1 saturated carbocycles. The maximum absolute atomic E-state index is 12.7. The average Bonchev–Trinajstić information content (AvgIpc) is 3.09. The molecule has 3 rings (SSSR count). The summed E-state index contributed by atoms with van der Waals surface area (Å²) in [4.78, 5) is 17.4. The van der Waals surface area contributed by atoms with Crippen LogP contribution in [0, 0.1) is 11.7 Å². The Kier molecular flexibility index (Phi) is 2.19. The van der Waals surface area contributed by atoms with Crippen molar-refractivity contribution in [1.29, 1.82) is 0 Å². The Balaban J connectivity index is 1.66. The van der Waals surface area contributed by atoms with Gasteiger partial charge < -0.3 is 10.6 Å². The van der Waals surface area contributed by atoms with E-state index in [9.17, 15) is 9.18 Å². The maximum Gasteiger partial charge on any atom is 0.272 e.